The van der Waals surface area contributed by atoms with E-state index < -0.39 is 0 Å². The van der Waals surface area contributed by atoms with E-state index in [1.54, 1.807) is 4.68 Å². The zero-order valence-electron chi connectivity index (χ0n) is 12.3. The monoisotopic (exact) mass is 296 g/mol. The Morgan fingerprint density at radius 1 is 1.30 bits per heavy atom. The Bertz CT molecular complexity index is 538. The van der Waals surface area contributed by atoms with Crippen molar-refractivity contribution in [1.82, 2.24) is 30.3 Å². The minimum atomic E-state index is 0.0291. The van der Waals surface area contributed by atoms with Gasteiger partial charge >= 0.3 is 0 Å². The lowest BCUT2D eigenvalue weighted by Gasteiger charge is -2.09. The highest BCUT2D eigenvalue weighted by molar-refractivity contribution is 7.99. The van der Waals surface area contributed by atoms with Crippen LogP contribution in [0.1, 0.15) is 63.5 Å². The van der Waals surface area contributed by atoms with Gasteiger partial charge in [-0.2, -0.15) is 4.98 Å². The largest absolute Gasteiger partial charge is 0.338 e. The molecule has 0 fully saturated rings. The Hall–Kier alpha value is -1.44. The van der Waals surface area contributed by atoms with E-state index in [4.69, 9.17) is 4.52 Å². The third-order valence-corrected chi connectivity index (χ3v) is 3.85. The summed E-state index contributed by atoms with van der Waals surface area (Å²) >= 11 is 1.53. The number of tetrazole rings is 1. The average molecular weight is 296 g/mol. The van der Waals surface area contributed by atoms with Crippen LogP contribution in [0.15, 0.2) is 9.68 Å². The highest BCUT2D eigenvalue weighted by Gasteiger charge is 2.19. The van der Waals surface area contributed by atoms with E-state index in [-0.39, 0.29) is 11.3 Å². The first kappa shape index (κ1) is 15.0. The van der Waals surface area contributed by atoms with Crippen LogP contribution < -0.4 is 0 Å². The summed E-state index contributed by atoms with van der Waals surface area (Å²) in [4.78, 5) is 4.43. The van der Waals surface area contributed by atoms with E-state index in [9.17, 15) is 0 Å². The van der Waals surface area contributed by atoms with Gasteiger partial charge in [0.25, 0.3) is 0 Å². The standard InChI is InChI=1S/C12H20N6OS/c1-5-6-7-10-13-11(19-15-10)9(4)20-12-14-16-17-18(12)8(2)3/h8-9H,5-7H2,1-4H3. The quantitative estimate of drug-likeness (QED) is 0.726. The number of thioether (sulfide) groups is 1. The molecular formula is C12H20N6OS. The molecule has 20 heavy (non-hydrogen) atoms. The molecule has 7 nitrogen and oxygen atoms in total. The summed E-state index contributed by atoms with van der Waals surface area (Å²) in [6.07, 6.45) is 3.06. The third-order valence-electron chi connectivity index (χ3n) is 2.82. The number of unbranched alkanes of at least 4 members (excludes halogenated alkanes) is 1. The Balaban J connectivity index is 2.02. The van der Waals surface area contributed by atoms with Gasteiger partial charge in [-0.05, 0) is 37.6 Å². The van der Waals surface area contributed by atoms with Crippen molar-refractivity contribution in [2.75, 3.05) is 0 Å². The molecule has 0 bridgehead atoms. The predicted molar refractivity (Wildman–Crippen MR) is 75.4 cm³/mol. The van der Waals surface area contributed by atoms with E-state index in [0.717, 1.165) is 30.2 Å². The third kappa shape index (κ3) is 3.56. The fourth-order valence-corrected chi connectivity index (χ4v) is 2.62. The molecular weight excluding hydrogens is 276 g/mol. The van der Waals surface area contributed by atoms with Gasteiger partial charge in [0.1, 0.15) is 0 Å². The molecule has 0 aliphatic heterocycles. The van der Waals surface area contributed by atoms with Gasteiger partial charge < -0.3 is 4.52 Å². The van der Waals surface area contributed by atoms with E-state index in [1.807, 2.05) is 20.8 Å². The molecule has 2 heterocycles. The zero-order chi connectivity index (χ0) is 14.5. The van der Waals surface area contributed by atoms with Crippen molar-refractivity contribution in [1.29, 1.82) is 0 Å². The molecule has 0 spiro atoms. The molecule has 0 radical (unpaired) electrons. The number of aryl methyl sites for hydroxylation is 1. The van der Waals surface area contributed by atoms with Crippen molar-refractivity contribution in [2.24, 2.45) is 0 Å². The van der Waals surface area contributed by atoms with E-state index in [0.29, 0.717) is 5.89 Å². The van der Waals surface area contributed by atoms with Crippen molar-refractivity contribution in [3.05, 3.63) is 11.7 Å². The summed E-state index contributed by atoms with van der Waals surface area (Å²) in [5.41, 5.74) is 0. The summed E-state index contributed by atoms with van der Waals surface area (Å²) < 4.78 is 7.10. The zero-order valence-corrected chi connectivity index (χ0v) is 13.1. The second-order valence-electron chi connectivity index (χ2n) is 4.91. The van der Waals surface area contributed by atoms with Crippen molar-refractivity contribution in [3.63, 3.8) is 0 Å². The molecule has 0 N–H and O–H groups in total. The molecule has 110 valence electrons. The maximum Gasteiger partial charge on any atom is 0.239 e. The number of hydrogen-bond donors (Lipinski definition) is 0. The predicted octanol–water partition coefficient (Wildman–Crippen LogP) is 2.83. The number of aromatic nitrogens is 6. The lowest BCUT2D eigenvalue weighted by atomic mass is 10.2. The fraction of sp³-hybridized carbons (Fsp3) is 0.750. The van der Waals surface area contributed by atoms with E-state index >= 15 is 0 Å². The molecule has 1 unspecified atom stereocenters. The molecule has 2 aromatic heterocycles. The minimum Gasteiger partial charge on any atom is -0.338 e. The maximum absolute atomic E-state index is 5.31. The lowest BCUT2D eigenvalue weighted by molar-refractivity contribution is 0.374. The lowest BCUT2D eigenvalue weighted by Crippen LogP contribution is -2.05. The molecule has 0 amide bonds. The topological polar surface area (TPSA) is 82.5 Å². The van der Waals surface area contributed by atoms with Crippen molar-refractivity contribution in [2.45, 2.75) is 63.4 Å². The molecule has 2 rings (SSSR count). The van der Waals surface area contributed by atoms with Crippen LogP contribution in [0.25, 0.3) is 0 Å². The van der Waals surface area contributed by atoms with Gasteiger partial charge in [-0.15, -0.1) is 5.10 Å². The van der Waals surface area contributed by atoms with Gasteiger partial charge in [0.05, 0.1) is 11.3 Å². The van der Waals surface area contributed by atoms with Crippen molar-refractivity contribution < 1.29 is 4.52 Å². The Morgan fingerprint density at radius 2 is 2.10 bits per heavy atom. The molecule has 0 aliphatic carbocycles. The van der Waals surface area contributed by atoms with E-state index in [1.165, 1.54) is 11.8 Å². The number of nitrogens with zero attached hydrogens (tertiary/aromatic N) is 6. The summed E-state index contributed by atoms with van der Waals surface area (Å²) in [6.45, 7) is 8.24. The normalized spacial score (nSPS) is 13.1. The van der Waals surface area contributed by atoms with Gasteiger partial charge in [-0.25, -0.2) is 4.68 Å². The van der Waals surface area contributed by atoms with E-state index in [2.05, 4.69) is 32.6 Å². The van der Waals surface area contributed by atoms with Gasteiger partial charge in [-0.3, -0.25) is 0 Å². The molecule has 0 saturated heterocycles. The fourth-order valence-electron chi connectivity index (χ4n) is 1.66. The second kappa shape index (κ2) is 6.83. The van der Waals surface area contributed by atoms with Crippen molar-refractivity contribution >= 4 is 11.8 Å². The molecule has 1 atom stereocenters. The van der Waals surface area contributed by atoms with Gasteiger partial charge in [0.2, 0.25) is 11.0 Å². The minimum absolute atomic E-state index is 0.0291. The number of rotatable bonds is 7. The first-order valence-electron chi connectivity index (χ1n) is 6.88. The highest BCUT2D eigenvalue weighted by atomic mass is 32.2. The van der Waals surface area contributed by atoms with Crippen LogP contribution in [0.5, 0.6) is 0 Å². The Labute approximate surface area is 122 Å². The van der Waals surface area contributed by atoms with Crippen LogP contribution in [0.2, 0.25) is 0 Å². The molecule has 0 aliphatic rings. The number of hydrogen-bond acceptors (Lipinski definition) is 7. The van der Waals surface area contributed by atoms with Crippen LogP contribution in [0.4, 0.5) is 0 Å². The molecule has 0 saturated carbocycles. The van der Waals surface area contributed by atoms with Crippen LogP contribution in [-0.2, 0) is 6.42 Å². The van der Waals surface area contributed by atoms with Crippen LogP contribution in [0.3, 0.4) is 0 Å². The SMILES string of the molecule is CCCCc1noc(C(C)Sc2nnnn2C(C)C)n1. The summed E-state index contributed by atoms with van der Waals surface area (Å²) in [5.74, 6) is 1.40. The Kier molecular flexibility index (Phi) is 5.11. The Morgan fingerprint density at radius 3 is 2.80 bits per heavy atom. The highest BCUT2D eigenvalue weighted by Crippen LogP contribution is 2.33. The summed E-state index contributed by atoms with van der Waals surface area (Å²) in [6, 6.07) is 0.225. The van der Waals surface area contributed by atoms with Crippen molar-refractivity contribution in [3.8, 4) is 0 Å². The van der Waals surface area contributed by atoms with Gasteiger partial charge in [0.15, 0.2) is 5.82 Å². The van der Waals surface area contributed by atoms with Gasteiger partial charge in [-0.1, -0.05) is 30.3 Å². The summed E-state index contributed by atoms with van der Waals surface area (Å²) in [5, 5.41) is 16.5. The average Bonchev–Trinajstić information content (AvgIpc) is 3.04. The van der Waals surface area contributed by atoms with Crippen LogP contribution in [-0.4, -0.2) is 30.3 Å². The smallest absolute Gasteiger partial charge is 0.239 e. The molecule has 0 aromatic carbocycles. The van der Waals surface area contributed by atoms with Crippen LogP contribution >= 0.6 is 11.8 Å². The maximum atomic E-state index is 5.31. The first-order valence-corrected chi connectivity index (χ1v) is 7.76. The molecule has 8 heteroatoms. The second-order valence-corrected chi connectivity index (χ2v) is 6.22. The molecule has 2 aromatic rings. The van der Waals surface area contributed by atoms with Crippen LogP contribution in [0, 0.1) is 0 Å². The van der Waals surface area contributed by atoms with Gasteiger partial charge in [0, 0.05) is 6.42 Å². The summed E-state index contributed by atoms with van der Waals surface area (Å²) in [7, 11) is 0. The first-order chi connectivity index (χ1) is 9.61.